The average Bonchev–Trinajstić information content (AvgIpc) is 3.17. The van der Waals surface area contributed by atoms with Gasteiger partial charge >= 0.3 is 0 Å². The molecule has 2 aliphatic rings. The molecule has 1 aliphatic heterocycles. The van der Waals surface area contributed by atoms with E-state index in [0.717, 1.165) is 42.5 Å². The van der Waals surface area contributed by atoms with E-state index in [2.05, 4.69) is 24.2 Å². The Morgan fingerprint density at radius 1 is 1.26 bits per heavy atom. The first kappa shape index (κ1) is 19.6. The molecule has 5 rings (SSSR count). The fraction of sp³-hybridized carbons (Fsp3) is 0.375. The smallest absolute Gasteiger partial charge is 0.293 e. The van der Waals surface area contributed by atoms with Crippen molar-refractivity contribution in [1.82, 2.24) is 9.55 Å². The summed E-state index contributed by atoms with van der Waals surface area (Å²) in [7, 11) is 0. The van der Waals surface area contributed by atoms with Crippen LogP contribution in [0.2, 0.25) is 0 Å². The third kappa shape index (κ3) is 2.83. The molecule has 7 heteroatoms. The zero-order valence-corrected chi connectivity index (χ0v) is 17.6. The van der Waals surface area contributed by atoms with Gasteiger partial charge in [0, 0.05) is 10.9 Å². The van der Waals surface area contributed by atoms with Gasteiger partial charge in [0.15, 0.2) is 0 Å². The summed E-state index contributed by atoms with van der Waals surface area (Å²) < 4.78 is 6.56. The van der Waals surface area contributed by atoms with E-state index >= 15 is 0 Å². The van der Waals surface area contributed by atoms with E-state index in [9.17, 15) is 14.5 Å². The van der Waals surface area contributed by atoms with Crippen molar-refractivity contribution >= 4 is 17.4 Å². The minimum Gasteiger partial charge on any atom is -0.463 e. The topological polar surface area (TPSA) is 90.6 Å². The Labute approximate surface area is 179 Å². The Kier molecular flexibility index (Phi) is 4.68. The number of aromatic nitrogens is 2. The van der Waals surface area contributed by atoms with Crippen molar-refractivity contribution in [3.05, 3.63) is 66.8 Å². The number of rotatable bonds is 6. The van der Waals surface area contributed by atoms with Gasteiger partial charge in [-0.15, -0.1) is 0 Å². The number of benzene rings is 1. The third-order valence-electron chi connectivity index (χ3n) is 6.70. The molecule has 0 spiro atoms. The first-order chi connectivity index (χ1) is 15.1. The molecule has 158 valence electrons. The molecule has 31 heavy (non-hydrogen) atoms. The number of nitrogens with zero attached hydrogens (tertiary/aromatic N) is 3. The van der Waals surface area contributed by atoms with Gasteiger partial charge in [0.25, 0.3) is 12.0 Å². The number of pyridine rings is 2. The average molecular weight is 417 g/mol. The second-order valence-corrected chi connectivity index (χ2v) is 8.27. The van der Waals surface area contributed by atoms with Crippen LogP contribution in [0.3, 0.4) is 0 Å². The molecule has 0 fully saturated rings. The van der Waals surface area contributed by atoms with Gasteiger partial charge in [0.2, 0.25) is 0 Å². The van der Waals surface area contributed by atoms with Gasteiger partial charge < -0.3 is 9.30 Å². The maximum absolute atomic E-state index is 13.3. The molecule has 1 atom stereocenters. The van der Waals surface area contributed by atoms with Crippen LogP contribution >= 0.6 is 0 Å². The van der Waals surface area contributed by atoms with E-state index in [4.69, 9.17) is 9.72 Å². The quantitative estimate of drug-likeness (QED) is 0.350. The Morgan fingerprint density at radius 2 is 2.06 bits per heavy atom. The van der Waals surface area contributed by atoms with E-state index in [0.29, 0.717) is 29.8 Å². The third-order valence-corrected chi connectivity index (χ3v) is 6.70. The van der Waals surface area contributed by atoms with Crippen LogP contribution in [0.4, 0.5) is 0 Å². The van der Waals surface area contributed by atoms with Crippen LogP contribution in [0.15, 0.2) is 28.2 Å². The van der Waals surface area contributed by atoms with E-state index in [-0.39, 0.29) is 12.2 Å². The maximum atomic E-state index is 13.3. The monoisotopic (exact) mass is 417 g/mol. The number of hydrogen-bond acceptors (Lipinski definition) is 6. The molecule has 1 aromatic carbocycles. The van der Waals surface area contributed by atoms with Crippen LogP contribution in [0, 0.1) is 4.91 Å². The number of carbonyl (C=O) groups excluding carboxylic acids is 1. The zero-order valence-electron chi connectivity index (χ0n) is 17.6. The van der Waals surface area contributed by atoms with Crippen molar-refractivity contribution in [3.8, 4) is 11.4 Å². The van der Waals surface area contributed by atoms with Crippen molar-refractivity contribution in [1.29, 1.82) is 0 Å². The number of fused-ring (bicyclic) bond motifs is 4. The van der Waals surface area contributed by atoms with Crippen LogP contribution in [-0.4, -0.2) is 16.0 Å². The van der Waals surface area contributed by atoms with Gasteiger partial charge in [-0.25, -0.2) is 4.98 Å². The lowest BCUT2D eigenvalue weighted by molar-refractivity contribution is -0.129. The first-order valence-corrected chi connectivity index (χ1v) is 10.7. The molecule has 1 unspecified atom stereocenters. The lowest BCUT2D eigenvalue weighted by Crippen LogP contribution is -2.26. The fourth-order valence-corrected chi connectivity index (χ4v) is 5.22. The summed E-state index contributed by atoms with van der Waals surface area (Å²) in [6.07, 6.45) is 4.09. The molecule has 0 saturated carbocycles. The number of carbonyl (C=O) groups is 1. The summed E-state index contributed by atoms with van der Waals surface area (Å²) in [6.45, 7) is 4.37. The van der Waals surface area contributed by atoms with Gasteiger partial charge in [-0.05, 0) is 67.0 Å². The molecule has 1 aliphatic carbocycles. The Balaban J connectivity index is 1.78. The van der Waals surface area contributed by atoms with Crippen molar-refractivity contribution in [2.24, 2.45) is 5.18 Å². The summed E-state index contributed by atoms with van der Waals surface area (Å²) >= 11 is 0. The highest BCUT2D eigenvalue weighted by atomic mass is 16.5. The molecule has 2 aromatic heterocycles. The van der Waals surface area contributed by atoms with Gasteiger partial charge in [-0.1, -0.05) is 18.2 Å². The lowest BCUT2D eigenvalue weighted by Gasteiger charge is -2.22. The second kappa shape index (κ2) is 7.41. The molecule has 3 heterocycles. The van der Waals surface area contributed by atoms with Gasteiger partial charge in [-0.3, -0.25) is 9.59 Å². The number of nitroso groups, excluding NO2 is 1. The van der Waals surface area contributed by atoms with E-state index < -0.39 is 6.04 Å². The van der Waals surface area contributed by atoms with Crippen molar-refractivity contribution < 1.29 is 9.53 Å². The van der Waals surface area contributed by atoms with Crippen LogP contribution in [0.5, 0.6) is 0 Å². The van der Waals surface area contributed by atoms with Gasteiger partial charge in [-0.2, -0.15) is 4.91 Å². The second-order valence-electron chi connectivity index (χ2n) is 8.27. The Hall–Kier alpha value is -3.35. The Morgan fingerprint density at radius 3 is 2.81 bits per heavy atom. The number of ether oxygens (including phenoxy) is 1. The largest absolute Gasteiger partial charge is 0.463 e. The SMILES string of the molecule is CCc1ccc2nc3c(c4c2c1CCC4)Cn1c-3cc(C(C)N=O)c(COC=O)c1=O. The predicted octanol–water partition coefficient (Wildman–Crippen LogP) is 3.98. The van der Waals surface area contributed by atoms with Gasteiger partial charge in [0.1, 0.15) is 12.6 Å². The van der Waals surface area contributed by atoms with Crippen LogP contribution in [-0.2, 0) is 41.9 Å². The highest BCUT2D eigenvalue weighted by molar-refractivity contribution is 5.92. The molecule has 0 bridgehead atoms. The normalized spacial score (nSPS) is 14.8. The molecular formula is C24H23N3O4. The lowest BCUT2D eigenvalue weighted by atomic mass is 9.84. The van der Waals surface area contributed by atoms with Crippen molar-refractivity contribution in [2.45, 2.75) is 58.7 Å². The fourth-order valence-electron chi connectivity index (χ4n) is 5.22. The maximum Gasteiger partial charge on any atom is 0.293 e. The van der Waals surface area contributed by atoms with Crippen LogP contribution < -0.4 is 5.56 Å². The first-order valence-electron chi connectivity index (χ1n) is 10.7. The highest BCUT2D eigenvalue weighted by Crippen LogP contribution is 2.41. The van der Waals surface area contributed by atoms with Crippen molar-refractivity contribution in [2.75, 3.05) is 0 Å². The number of hydrogen-bond donors (Lipinski definition) is 0. The molecule has 3 aromatic rings. The standard InChI is InChI=1S/C24H23N3O4/c1-3-14-7-8-20-22-15(14)5-4-6-16(22)18-10-27-21(23(18)25-20)9-17(13(2)26-30)19(24(27)29)11-31-12-28/h7-9,12-13H,3-6,10-11H2,1-2H3. The number of aryl methyl sites for hydroxylation is 3. The Bertz CT molecular complexity index is 1310. The van der Waals surface area contributed by atoms with E-state index in [1.807, 2.05) is 6.07 Å². The van der Waals surface area contributed by atoms with Crippen LogP contribution in [0.25, 0.3) is 22.3 Å². The zero-order chi connectivity index (χ0) is 21.7. The summed E-state index contributed by atoms with van der Waals surface area (Å²) in [5.74, 6) is 0. The highest BCUT2D eigenvalue weighted by Gasteiger charge is 2.31. The minimum atomic E-state index is -0.731. The summed E-state index contributed by atoms with van der Waals surface area (Å²) in [4.78, 5) is 40.3. The summed E-state index contributed by atoms with van der Waals surface area (Å²) in [5, 5.41) is 4.36. The van der Waals surface area contributed by atoms with Crippen molar-refractivity contribution in [3.63, 3.8) is 0 Å². The molecule has 0 amide bonds. The summed E-state index contributed by atoms with van der Waals surface area (Å²) in [6, 6.07) is 5.33. The molecule has 7 nitrogen and oxygen atoms in total. The molecule has 0 saturated heterocycles. The van der Waals surface area contributed by atoms with E-state index in [1.165, 1.54) is 22.1 Å². The molecule has 0 N–H and O–H groups in total. The molecular weight excluding hydrogens is 394 g/mol. The minimum absolute atomic E-state index is 0.180. The predicted molar refractivity (Wildman–Crippen MR) is 117 cm³/mol. The van der Waals surface area contributed by atoms with Crippen LogP contribution in [0.1, 0.15) is 59.7 Å². The summed E-state index contributed by atoms with van der Waals surface area (Å²) in [5.41, 5.74) is 8.11. The molecule has 0 radical (unpaired) electrons. The van der Waals surface area contributed by atoms with E-state index in [1.54, 1.807) is 11.5 Å². The van der Waals surface area contributed by atoms with Gasteiger partial charge in [0.05, 0.1) is 29.0 Å².